The Labute approximate surface area is 182 Å². The number of piperidine rings is 1. The van der Waals surface area contributed by atoms with Gasteiger partial charge in [0.25, 0.3) is 15.9 Å². The second-order valence-electron chi connectivity index (χ2n) is 7.68. The number of nitrogens with zero attached hydrogens (tertiary/aromatic N) is 4. The van der Waals surface area contributed by atoms with Crippen LogP contribution in [0.1, 0.15) is 40.4 Å². The second kappa shape index (κ2) is 8.99. The van der Waals surface area contributed by atoms with Crippen molar-refractivity contribution in [1.29, 1.82) is 0 Å². The number of hydrogen-bond donors (Lipinski definition) is 1. The third-order valence-electron chi connectivity index (χ3n) is 5.44. The summed E-state index contributed by atoms with van der Waals surface area (Å²) in [6.45, 7) is 1.12. The van der Waals surface area contributed by atoms with E-state index in [1.165, 1.54) is 16.8 Å². The predicted molar refractivity (Wildman–Crippen MR) is 116 cm³/mol. The lowest BCUT2D eigenvalue weighted by Gasteiger charge is -2.31. The quantitative estimate of drug-likeness (QED) is 0.636. The molecule has 9 heteroatoms. The minimum absolute atomic E-state index is 0.0394. The molecule has 1 aliphatic rings. The zero-order chi connectivity index (χ0) is 21.8. The van der Waals surface area contributed by atoms with E-state index in [0.29, 0.717) is 30.8 Å². The highest BCUT2D eigenvalue weighted by atomic mass is 32.2. The van der Waals surface area contributed by atoms with E-state index < -0.39 is 10.0 Å². The summed E-state index contributed by atoms with van der Waals surface area (Å²) in [6.07, 6.45) is 6.09. The summed E-state index contributed by atoms with van der Waals surface area (Å²) in [6, 6.07) is 13.2. The number of rotatable bonds is 6. The van der Waals surface area contributed by atoms with Crippen LogP contribution in [0.5, 0.6) is 0 Å². The molecule has 1 saturated heterocycles. The largest absolute Gasteiger partial charge is 0.348 e. The molecule has 1 fully saturated rings. The standard InChI is InChI=1S/C22H25N5O3S/c1-26-15-20(25-16-26)31(29,30)27-12-6-9-18(14-27)21-19(10-5-11-23-21)22(28)24-13-17-7-3-2-4-8-17/h2-5,7-8,10-11,15-16,18H,6,9,12-14H2,1H3,(H,24,28)/t18-/m0/s1. The summed E-state index contributed by atoms with van der Waals surface area (Å²) in [5, 5.41) is 2.98. The Morgan fingerprint density at radius 3 is 2.71 bits per heavy atom. The van der Waals surface area contributed by atoms with Crippen LogP contribution in [0, 0.1) is 0 Å². The first-order valence-corrected chi connectivity index (χ1v) is 11.6. The molecule has 0 radical (unpaired) electrons. The monoisotopic (exact) mass is 439 g/mol. The minimum Gasteiger partial charge on any atom is -0.348 e. The Bertz CT molecular complexity index is 1160. The molecule has 1 aromatic carbocycles. The molecule has 1 aliphatic heterocycles. The van der Waals surface area contributed by atoms with Crippen LogP contribution in [-0.4, -0.2) is 46.3 Å². The average molecular weight is 440 g/mol. The van der Waals surface area contributed by atoms with Crippen molar-refractivity contribution >= 4 is 15.9 Å². The first-order chi connectivity index (χ1) is 14.9. The first kappa shape index (κ1) is 21.2. The van der Waals surface area contributed by atoms with Crippen molar-refractivity contribution < 1.29 is 13.2 Å². The molecule has 8 nitrogen and oxygen atoms in total. The molecule has 0 aliphatic carbocycles. The maximum atomic E-state index is 13.0. The van der Waals surface area contributed by atoms with Crippen LogP contribution < -0.4 is 5.32 Å². The van der Waals surface area contributed by atoms with Crippen molar-refractivity contribution in [3.8, 4) is 0 Å². The van der Waals surface area contributed by atoms with E-state index in [2.05, 4.69) is 15.3 Å². The molecule has 0 unspecified atom stereocenters. The second-order valence-corrected chi connectivity index (χ2v) is 9.57. The van der Waals surface area contributed by atoms with Crippen LogP contribution >= 0.6 is 0 Å². The molecule has 2 aromatic heterocycles. The molecule has 3 aromatic rings. The highest BCUT2D eigenvalue weighted by Crippen LogP contribution is 2.30. The molecule has 3 heterocycles. The average Bonchev–Trinajstić information content (AvgIpc) is 3.25. The van der Waals surface area contributed by atoms with Gasteiger partial charge in [0.15, 0.2) is 5.03 Å². The molecule has 31 heavy (non-hydrogen) atoms. The predicted octanol–water partition coefficient (Wildman–Crippen LogP) is 2.31. The highest BCUT2D eigenvalue weighted by Gasteiger charge is 2.34. The van der Waals surface area contributed by atoms with Gasteiger partial charge in [0.2, 0.25) is 0 Å². The molecule has 1 amide bonds. The lowest BCUT2D eigenvalue weighted by atomic mass is 9.92. The fraction of sp³-hybridized carbons (Fsp3) is 0.318. The zero-order valence-corrected chi connectivity index (χ0v) is 18.1. The van der Waals surface area contributed by atoms with Gasteiger partial charge < -0.3 is 9.88 Å². The maximum Gasteiger partial charge on any atom is 0.262 e. The van der Waals surface area contributed by atoms with E-state index >= 15 is 0 Å². The summed E-state index contributed by atoms with van der Waals surface area (Å²) >= 11 is 0. The van der Waals surface area contributed by atoms with Gasteiger partial charge in [0.05, 0.1) is 17.6 Å². The summed E-state index contributed by atoms with van der Waals surface area (Å²) < 4.78 is 29.1. The fourth-order valence-corrected chi connectivity index (χ4v) is 5.34. The minimum atomic E-state index is -3.69. The van der Waals surface area contributed by atoms with Gasteiger partial charge in [-0.1, -0.05) is 30.3 Å². The van der Waals surface area contributed by atoms with E-state index in [-0.39, 0.29) is 23.4 Å². The molecule has 4 rings (SSSR count). The Morgan fingerprint density at radius 2 is 1.97 bits per heavy atom. The van der Waals surface area contributed by atoms with Crippen LogP contribution in [0.3, 0.4) is 0 Å². The topological polar surface area (TPSA) is 97.2 Å². The Morgan fingerprint density at radius 1 is 1.16 bits per heavy atom. The molecule has 0 bridgehead atoms. The molecule has 162 valence electrons. The molecular formula is C22H25N5O3S. The summed E-state index contributed by atoms with van der Waals surface area (Å²) in [5.41, 5.74) is 2.13. The van der Waals surface area contributed by atoms with Crippen molar-refractivity contribution in [1.82, 2.24) is 24.2 Å². The molecule has 0 spiro atoms. The number of carbonyl (C=O) groups excluding carboxylic acids is 1. The number of pyridine rings is 1. The van der Waals surface area contributed by atoms with Crippen LogP contribution in [-0.2, 0) is 23.6 Å². The molecule has 1 N–H and O–H groups in total. The van der Waals surface area contributed by atoms with Gasteiger partial charge in [-0.2, -0.15) is 4.31 Å². The van der Waals surface area contributed by atoms with Gasteiger partial charge in [-0.05, 0) is 30.5 Å². The first-order valence-electron chi connectivity index (χ1n) is 10.2. The van der Waals surface area contributed by atoms with E-state index in [0.717, 1.165) is 12.0 Å². The van der Waals surface area contributed by atoms with E-state index in [4.69, 9.17) is 0 Å². The Hall–Kier alpha value is -3.04. The number of aromatic nitrogens is 3. The summed E-state index contributed by atoms with van der Waals surface area (Å²) in [7, 11) is -1.95. The summed E-state index contributed by atoms with van der Waals surface area (Å²) in [5.74, 6) is -0.373. The number of benzene rings is 1. The number of nitrogens with one attached hydrogen (secondary N) is 1. The molecule has 1 atom stereocenters. The number of sulfonamides is 1. The SMILES string of the molecule is Cn1cnc(S(=O)(=O)N2CCC[C@H](c3ncccc3C(=O)NCc3ccccc3)C2)c1. The lowest BCUT2D eigenvalue weighted by molar-refractivity contribution is 0.0948. The van der Waals surface area contributed by atoms with Crippen molar-refractivity contribution in [2.45, 2.75) is 30.3 Å². The Balaban J connectivity index is 1.52. The number of aryl methyl sites for hydroxylation is 1. The maximum absolute atomic E-state index is 13.0. The fourth-order valence-electron chi connectivity index (χ4n) is 3.85. The van der Waals surface area contributed by atoms with Gasteiger partial charge >= 0.3 is 0 Å². The number of carbonyl (C=O) groups is 1. The van der Waals surface area contributed by atoms with Crippen molar-refractivity contribution in [3.05, 3.63) is 78.0 Å². The van der Waals surface area contributed by atoms with E-state index in [1.54, 1.807) is 29.9 Å². The van der Waals surface area contributed by atoms with Crippen molar-refractivity contribution in [2.24, 2.45) is 7.05 Å². The van der Waals surface area contributed by atoms with Gasteiger partial charge in [-0.15, -0.1) is 0 Å². The van der Waals surface area contributed by atoms with Crippen LogP contribution in [0.2, 0.25) is 0 Å². The normalized spacial score (nSPS) is 17.4. The Kier molecular flexibility index (Phi) is 6.15. The lowest BCUT2D eigenvalue weighted by Crippen LogP contribution is -2.40. The van der Waals surface area contributed by atoms with Crippen LogP contribution in [0.4, 0.5) is 0 Å². The van der Waals surface area contributed by atoms with Gasteiger partial charge in [-0.3, -0.25) is 9.78 Å². The van der Waals surface area contributed by atoms with Crippen LogP contribution in [0.25, 0.3) is 0 Å². The summed E-state index contributed by atoms with van der Waals surface area (Å²) in [4.78, 5) is 21.4. The van der Waals surface area contributed by atoms with Gasteiger partial charge in [-0.25, -0.2) is 13.4 Å². The van der Waals surface area contributed by atoms with Crippen molar-refractivity contribution in [2.75, 3.05) is 13.1 Å². The van der Waals surface area contributed by atoms with Crippen LogP contribution in [0.15, 0.2) is 66.2 Å². The van der Waals surface area contributed by atoms with E-state index in [9.17, 15) is 13.2 Å². The molecular weight excluding hydrogens is 414 g/mol. The van der Waals surface area contributed by atoms with Crippen molar-refractivity contribution in [3.63, 3.8) is 0 Å². The number of hydrogen-bond acceptors (Lipinski definition) is 5. The number of amides is 1. The smallest absolute Gasteiger partial charge is 0.262 e. The van der Waals surface area contributed by atoms with Gasteiger partial charge in [0, 0.05) is 45.0 Å². The van der Waals surface area contributed by atoms with Gasteiger partial charge in [0.1, 0.15) is 0 Å². The third kappa shape index (κ3) is 4.67. The number of imidazole rings is 1. The third-order valence-corrected chi connectivity index (χ3v) is 7.19. The molecule has 0 saturated carbocycles. The highest BCUT2D eigenvalue weighted by molar-refractivity contribution is 7.89. The zero-order valence-electron chi connectivity index (χ0n) is 17.3. The van der Waals surface area contributed by atoms with E-state index in [1.807, 2.05) is 30.3 Å².